The van der Waals surface area contributed by atoms with Crippen LogP contribution in [0.15, 0.2) is 0 Å². The van der Waals surface area contributed by atoms with Crippen molar-refractivity contribution in [3.8, 4) is 0 Å². The summed E-state index contributed by atoms with van der Waals surface area (Å²) in [5.41, 5.74) is 10.7. The number of hydrogen-bond donors (Lipinski definition) is 2. The molecule has 0 spiro atoms. The Morgan fingerprint density at radius 2 is 1.48 bits per heavy atom. The lowest BCUT2D eigenvalue weighted by atomic mass is 9.52. The zero-order valence-corrected chi connectivity index (χ0v) is 15.1. The summed E-state index contributed by atoms with van der Waals surface area (Å²) in [6, 6.07) is -0.278. The lowest BCUT2D eigenvalue weighted by Gasteiger charge is -2.60. The number of alkyl halides is 1. The molecule has 4 aliphatic carbocycles. The zero-order valence-electron chi connectivity index (χ0n) is 15.1. The highest BCUT2D eigenvalue weighted by molar-refractivity contribution is 5.78. The fourth-order valence-electron chi connectivity index (χ4n) is 6.07. The highest BCUT2D eigenvalue weighted by Gasteiger charge is 2.54. The van der Waals surface area contributed by atoms with E-state index in [-0.39, 0.29) is 18.0 Å². The van der Waals surface area contributed by atoms with E-state index < -0.39 is 12.1 Å². The van der Waals surface area contributed by atoms with Gasteiger partial charge in [0.25, 0.3) is 5.91 Å². The number of urea groups is 1. The second-order valence-corrected chi connectivity index (χ2v) is 8.70. The number of halogens is 1. The highest BCUT2D eigenvalue weighted by Crippen LogP contribution is 2.57. The molecule has 25 heavy (non-hydrogen) atoms. The van der Waals surface area contributed by atoms with Crippen LogP contribution in [0.2, 0.25) is 0 Å². The Morgan fingerprint density at radius 1 is 0.960 bits per heavy atom. The summed E-state index contributed by atoms with van der Waals surface area (Å²) in [6.45, 7) is 0.705. The molecular formula is C19H32FN3O2. The molecule has 0 heterocycles. The molecule has 0 aromatic heterocycles. The van der Waals surface area contributed by atoms with E-state index in [2.05, 4.69) is 0 Å². The van der Waals surface area contributed by atoms with Crippen LogP contribution in [0.25, 0.3) is 0 Å². The Labute approximate surface area is 149 Å². The fraction of sp³-hybridized carbons (Fsp3) is 0.895. The van der Waals surface area contributed by atoms with Crippen LogP contribution >= 0.6 is 0 Å². The largest absolute Gasteiger partial charge is 0.367 e. The fourth-order valence-corrected chi connectivity index (χ4v) is 6.07. The standard InChI is InChI=1S/C19H32FN3O2/c20-16(17(21)24)5-3-1-2-4-6-23(18(22)25)19-10-13-7-14(11-19)9-15(8-13)12-19/h13-16H,1-12H2,(H2,21,24)(H2,22,25). The van der Waals surface area contributed by atoms with Crippen LogP contribution in [-0.4, -0.2) is 35.1 Å². The molecular weight excluding hydrogens is 321 g/mol. The normalized spacial score (nSPS) is 34.0. The molecule has 4 rings (SSSR count). The maximum atomic E-state index is 13.1. The van der Waals surface area contributed by atoms with Crippen LogP contribution in [0.5, 0.6) is 0 Å². The first kappa shape index (κ1) is 18.5. The minimum Gasteiger partial charge on any atom is -0.367 e. The van der Waals surface area contributed by atoms with Crippen LogP contribution in [0, 0.1) is 17.8 Å². The second kappa shape index (κ2) is 7.50. The summed E-state index contributed by atoms with van der Waals surface area (Å²) >= 11 is 0. The summed E-state index contributed by atoms with van der Waals surface area (Å²) < 4.78 is 13.1. The molecule has 3 amide bonds. The molecule has 1 atom stereocenters. The van der Waals surface area contributed by atoms with Crippen molar-refractivity contribution in [3.63, 3.8) is 0 Å². The van der Waals surface area contributed by atoms with Crippen molar-refractivity contribution in [1.82, 2.24) is 4.90 Å². The quantitative estimate of drug-likeness (QED) is 0.624. The van der Waals surface area contributed by atoms with Gasteiger partial charge < -0.3 is 16.4 Å². The molecule has 142 valence electrons. The van der Waals surface area contributed by atoms with Crippen molar-refractivity contribution in [2.24, 2.45) is 29.2 Å². The van der Waals surface area contributed by atoms with E-state index in [0.717, 1.165) is 56.3 Å². The molecule has 0 aromatic rings. The number of nitrogens with zero attached hydrogens (tertiary/aromatic N) is 1. The number of primary amides is 2. The number of amides is 3. The van der Waals surface area contributed by atoms with Crippen molar-refractivity contribution in [2.45, 2.75) is 82.3 Å². The molecule has 0 aliphatic heterocycles. The predicted molar refractivity (Wildman–Crippen MR) is 94.4 cm³/mol. The number of rotatable bonds is 9. The topological polar surface area (TPSA) is 89.4 Å². The predicted octanol–water partition coefficient (Wildman–Crippen LogP) is 3.11. The van der Waals surface area contributed by atoms with Gasteiger partial charge in [0.15, 0.2) is 6.17 Å². The van der Waals surface area contributed by atoms with Crippen LogP contribution in [0.1, 0.15) is 70.6 Å². The number of carbonyl (C=O) groups excluding carboxylic acids is 2. The molecule has 0 radical (unpaired) electrons. The second-order valence-electron chi connectivity index (χ2n) is 8.70. The molecule has 6 heteroatoms. The maximum absolute atomic E-state index is 13.1. The molecule has 4 aliphatic rings. The van der Waals surface area contributed by atoms with E-state index in [4.69, 9.17) is 11.5 Å². The van der Waals surface area contributed by atoms with Gasteiger partial charge in [-0.25, -0.2) is 9.18 Å². The first-order valence-corrected chi connectivity index (χ1v) is 9.90. The van der Waals surface area contributed by atoms with Crippen molar-refractivity contribution in [2.75, 3.05) is 6.54 Å². The minimum absolute atomic E-state index is 0.0105. The molecule has 4 fully saturated rings. The van der Waals surface area contributed by atoms with Crippen molar-refractivity contribution < 1.29 is 14.0 Å². The third-order valence-electron chi connectivity index (χ3n) is 6.74. The van der Waals surface area contributed by atoms with E-state index in [1.165, 1.54) is 19.3 Å². The Morgan fingerprint density at radius 3 is 1.96 bits per heavy atom. The minimum atomic E-state index is -1.53. The Bertz CT molecular complexity index is 476. The Hall–Kier alpha value is -1.33. The monoisotopic (exact) mass is 353 g/mol. The molecule has 0 aromatic carbocycles. The summed E-state index contributed by atoms with van der Waals surface area (Å²) in [5, 5.41) is 0. The lowest BCUT2D eigenvalue weighted by Crippen LogP contribution is -2.62. The van der Waals surface area contributed by atoms with Gasteiger partial charge in [-0.05, 0) is 69.1 Å². The number of unbranched alkanes of at least 4 members (excludes halogenated alkanes) is 3. The van der Waals surface area contributed by atoms with Crippen LogP contribution in [0.3, 0.4) is 0 Å². The van der Waals surface area contributed by atoms with E-state index in [9.17, 15) is 14.0 Å². The molecule has 1 unspecified atom stereocenters. The van der Waals surface area contributed by atoms with Gasteiger partial charge in [-0.1, -0.05) is 19.3 Å². The average Bonchev–Trinajstić information content (AvgIpc) is 2.51. The van der Waals surface area contributed by atoms with Crippen LogP contribution < -0.4 is 11.5 Å². The van der Waals surface area contributed by atoms with Gasteiger partial charge >= 0.3 is 6.03 Å². The zero-order chi connectivity index (χ0) is 18.0. The third-order valence-corrected chi connectivity index (χ3v) is 6.74. The molecule has 5 nitrogen and oxygen atoms in total. The lowest BCUT2D eigenvalue weighted by molar-refractivity contribution is -0.122. The van der Waals surface area contributed by atoms with E-state index in [1.54, 1.807) is 0 Å². The van der Waals surface area contributed by atoms with Gasteiger partial charge in [-0.15, -0.1) is 0 Å². The third kappa shape index (κ3) is 4.09. The highest BCUT2D eigenvalue weighted by atomic mass is 19.1. The van der Waals surface area contributed by atoms with Gasteiger partial charge in [-0.2, -0.15) is 0 Å². The SMILES string of the molecule is NC(=O)C(F)CCCCCCN(C(N)=O)C12CC3CC(CC(C3)C1)C2. The van der Waals surface area contributed by atoms with Gasteiger partial charge in [0.1, 0.15) is 0 Å². The Kier molecular flexibility index (Phi) is 5.54. The first-order chi connectivity index (χ1) is 11.9. The molecule has 4 bridgehead atoms. The smallest absolute Gasteiger partial charge is 0.315 e. The van der Waals surface area contributed by atoms with Gasteiger partial charge in [-0.3, -0.25) is 4.79 Å². The average molecular weight is 353 g/mol. The molecule has 0 saturated heterocycles. The van der Waals surface area contributed by atoms with Crippen LogP contribution in [-0.2, 0) is 4.79 Å². The van der Waals surface area contributed by atoms with Gasteiger partial charge in [0, 0.05) is 12.1 Å². The first-order valence-electron chi connectivity index (χ1n) is 9.90. The number of hydrogen-bond acceptors (Lipinski definition) is 2. The van der Waals surface area contributed by atoms with Gasteiger partial charge in [0.2, 0.25) is 0 Å². The maximum Gasteiger partial charge on any atom is 0.315 e. The van der Waals surface area contributed by atoms with Crippen LogP contribution in [0.4, 0.5) is 9.18 Å². The number of carbonyl (C=O) groups is 2. The Balaban J connectivity index is 1.46. The summed E-state index contributed by atoms with van der Waals surface area (Å²) in [4.78, 5) is 24.8. The number of nitrogens with two attached hydrogens (primary N) is 2. The summed E-state index contributed by atoms with van der Waals surface area (Å²) in [5.74, 6) is 1.47. The van der Waals surface area contributed by atoms with E-state index >= 15 is 0 Å². The van der Waals surface area contributed by atoms with Gasteiger partial charge in [0.05, 0.1) is 0 Å². The van der Waals surface area contributed by atoms with Crippen molar-refractivity contribution >= 4 is 11.9 Å². The van der Waals surface area contributed by atoms with Crippen molar-refractivity contribution in [3.05, 3.63) is 0 Å². The van der Waals surface area contributed by atoms with Crippen molar-refractivity contribution in [1.29, 1.82) is 0 Å². The summed E-state index contributed by atoms with van der Waals surface area (Å²) in [6.07, 6.45) is 9.39. The summed E-state index contributed by atoms with van der Waals surface area (Å²) in [7, 11) is 0. The van der Waals surface area contributed by atoms with E-state index in [1.807, 2.05) is 4.90 Å². The molecule has 4 saturated carbocycles. The molecule has 4 N–H and O–H groups in total. The van der Waals surface area contributed by atoms with E-state index in [0.29, 0.717) is 13.0 Å².